The first-order valence-electron chi connectivity index (χ1n) is 5.43. The van der Waals surface area contributed by atoms with E-state index in [0.29, 0.717) is 11.8 Å². The zero-order chi connectivity index (χ0) is 10.1. The fraction of sp³-hybridized carbons (Fsp3) is 0.727. The van der Waals surface area contributed by atoms with Gasteiger partial charge in [-0.25, -0.2) is 4.98 Å². The van der Waals surface area contributed by atoms with Crippen LogP contribution in [0.1, 0.15) is 38.6 Å². The zero-order valence-electron chi connectivity index (χ0n) is 8.85. The third kappa shape index (κ3) is 1.69. The van der Waals surface area contributed by atoms with Crippen molar-refractivity contribution in [3.05, 3.63) is 18.2 Å². The molecule has 0 bridgehead atoms. The molecule has 0 aromatic carbocycles. The summed E-state index contributed by atoms with van der Waals surface area (Å²) in [5.74, 6) is 1.95. The van der Waals surface area contributed by atoms with Crippen molar-refractivity contribution in [3.8, 4) is 0 Å². The van der Waals surface area contributed by atoms with E-state index in [4.69, 9.17) is 0 Å². The molecule has 3 atom stereocenters. The Balaban J connectivity index is 2.10. The molecule has 3 nitrogen and oxygen atoms in total. The normalized spacial score (nSPS) is 27.6. The average molecular weight is 194 g/mol. The molecule has 1 aromatic heterocycles. The van der Waals surface area contributed by atoms with Gasteiger partial charge in [-0.1, -0.05) is 13.8 Å². The van der Waals surface area contributed by atoms with Crippen LogP contribution in [0, 0.1) is 11.8 Å². The SMILES string of the molecule is CCCn1ccnc1C(O)C1CC1C. The first-order valence-corrected chi connectivity index (χ1v) is 5.43. The molecule has 1 saturated carbocycles. The van der Waals surface area contributed by atoms with Gasteiger partial charge >= 0.3 is 0 Å². The molecule has 14 heavy (non-hydrogen) atoms. The Kier molecular flexibility index (Phi) is 2.59. The lowest BCUT2D eigenvalue weighted by atomic mass is 10.2. The second-order valence-electron chi connectivity index (χ2n) is 4.30. The summed E-state index contributed by atoms with van der Waals surface area (Å²) in [5.41, 5.74) is 0. The maximum absolute atomic E-state index is 10.0. The van der Waals surface area contributed by atoms with Crippen LogP contribution in [0.2, 0.25) is 0 Å². The molecule has 0 radical (unpaired) electrons. The van der Waals surface area contributed by atoms with Gasteiger partial charge in [0, 0.05) is 18.9 Å². The molecule has 1 aromatic rings. The third-order valence-corrected chi connectivity index (χ3v) is 3.05. The van der Waals surface area contributed by atoms with Gasteiger partial charge in [0.05, 0.1) is 0 Å². The van der Waals surface area contributed by atoms with Crippen LogP contribution in [-0.4, -0.2) is 14.7 Å². The van der Waals surface area contributed by atoms with Crippen molar-refractivity contribution < 1.29 is 5.11 Å². The number of aromatic nitrogens is 2. The summed E-state index contributed by atoms with van der Waals surface area (Å²) in [7, 11) is 0. The maximum Gasteiger partial charge on any atom is 0.137 e. The lowest BCUT2D eigenvalue weighted by Gasteiger charge is -2.11. The van der Waals surface area contributed by atoms with Crippen LogP contribution in [0.3, 0.4) is 0 Å². The zero-order valence-corrected chi connectivity index (χ0v) is 8.85. The smallest absolute Gasteiger partial charge is 0.137 e. The Morgan fingerprint density at radius 3 is 3.00 bits per heavy atom. The van der Waals surface area contributed by atoms with E-state index in [1.54, 1.807) is 6.20 Å². The minimum absolute atomic E-state index is 0.355. The standard InChI is InChI=1S/C11H18N2O/c1-3-5-13-6-4-12-11(13)10(14)9-7-8(9)2/h4,6,8-10,14H,3,5,7H2,1-2H3. The molecule has 0 amide bonds. The molecule has 3 heteroatoms. The van der Waals surface area contributed by atoms with E-state index < -0.39 is 0 Å². The van der Waals surface area contributed by atoms with E-state index in [1.807, 2.05) is 6.20 Å². The summed E-state index contributed by atoms with van der Waals surface area (Å²) in [6.45, 7) is 5.27. The highest BCUT2D eigenvalue weighted by molar-refractivity contribution is 5.03. The second kappa shape index (κ2) is 3.73. The first-order chi connectivity index (χ1) is 6.74. The maximum atomic E-state index is 10.0. The quantitative estimate of drug-likeness (QED) is 0.796. The van der Waals surface area contributed by atoms with E-state index in [1.165, 1.54) is 0 Å². The topological polar surface area (TPSA) is 38.0 Å². The van der Waals surface area contributed by atoms with E-state index in [-0.39, 0.29) is 6.10 Å². The number of aryl methyl sites for hydroxylation is 1. The van der Waals surface area contributed by atoms with Gasteiger partial charge in [-0.2, -0.15) is 0 Å². The van der Waals surface area contributed by atoms with Gasteiger partial charge in [0.1, 0.15) is 11.9 Å². The molecule has 1 fully saturated rings. The molecule has 1 aliphatic rings. The van der Waals surface area contributed by atoms with Crippen molar-refractivity contribution in [2.45, 2.75) is 39.3 Å². The van der Waals surface area contributed by atoms with Gasteiger partial charge in [-0.05, 0) is 24.7 Å². The number of aliphatic hydroxyl groups is 1. The average Bonchev–Trinajstić information content (AvgIpc) is 2.72. The molecular weight excluding hydrogens is 176 g/mol. The summed E-state index contributed by atoms with van der Waals surface area (Å²) >= 11 is 0. The van der Waals surface area contributed by atoms with Gasteiger partial charge in [-0.15, -0.1) is 0 Å². The van der Waals surface area contributed by atoms with E-state index in [0.717, 1.165) is 25.2 Å². The van der Waals surface area contributed by atoms with Gasteiger partial charge < -0.3 is 9.67 Å². The summed E-state index contributed by atoms with van der Waals surface area (Å²) < 4.78 is 2.07. The van der Waals surface area contributed by atoms with Crippen LogP contribution in [-0.2, 0) is 6.54 Å². The fourth-order valence-corrected chi connectivity index (χ4v) is 2.00. The number of hydrogen-bond donors (Lipinski definition) is 1. The van der Waals surface area contributed by atoms with Crippen LogP contribution in [0.25, 0.3) is 0 Å². The molecule has 0 spiro atoms. The van der Waals surface area contributed by atoms with Crippen LogP contribution in [0.4, 0.5) is 0 Å². The van der Waals surface area contributed by atoms with Crippen LogP contribution in [0.5, 0.6) is 0 Å². The van der Waals surface area contributed by atoms with Crippen LogP contribution in [0.15, 0.2) is 12.4 Å². The van der Waals surface area contributed by atoms with Crippen molar-refractivity contribution in [1.29, 1.82) is 0 Å². The van der Waals surface area contributed by atoms with Crippen LogP contribution < -0.4 is 0 Å². The molecule has 78 valence electrons. The Morgan fingerprint density at radius 1 is 1.71 bits per heavy atom. The first kappa shape index (κ1) is 9.71. The van der Waals surface area contributed by atoms with Crippen molar-refractivity contribution in [1.82, 2.24) is 9.55 Å². The van der Waals surface area contributed by atoms with E-state index in [2.05, 4.69) is 23.4 Å². The molecular formula is C11H18N2O. The Bertz CT molecular complexity index is 308. The minimum atomic E-state index is -0.355. The lowest BCUT2D eigenvalue weighted by molar-refractivity contribution is 0.134. The van der Waals surface area contributed by atoms with Gasteiger partial charge in [0.2, 0.25) is 0 Å². The molecule has 1 aliphatic carbocycles. The minimum Gasteiger partial charge on any atom is -0.385 e. The predicted octanol–water partition coefficient (Wildman–Crippen LogP) is 1.98. The van der Waals surface area contributed by atoms with Crippen LogP contribution >= 0.6 is 0 Å². The van der Waals surface area contributed by atoms with E-state index in [9.17, 15) is 5.11 Å². The summed E-state index contributed by atoms with van der Waals surface area (Å²) in [5, 5.41) is 10.0. The van der Waals surface area contributed by atoms with Gasteiger partial charge in [0.15, 0.2) is 0 Å². The van der Waals surface area contributed by atoms with Gasteiger partial charge in [-0.3, -0.25) is 0 Å². The summed E-state index contributed by atoms with van der Waals surface area (Å²) in [6, 6.07) is 0. The largest absolute Gasteiger partial charge is 0.385 e. The highest BCUT2D eigenvalue weighted by atomic mass is 16.3. The number of imidazole rings is 1. The Hall–Kier alpha value is -0.830. The Labute approximate surface area is 84.8 Å². The van der Waals surface area contributed by atoms with E-state index >= 15 is 0 Å². The number of rotatable bonds is 4. The number of hydrogen-bond acceptors (Lipinski definition) is 2. The molecule has 0 saturated heterocycles. The molecule has 0 aliphatic heterocycles. The van der Waals surface area contributed by atoms with Crippen molar-refractivity contribution in [2.75, 3.05) is 0 Å². The molecule has 3 unspecified atom stereocenters. The summed E-state index contributed by atoms with van der Waals surface area (Å²) in [6.07, 6.45) is 5.60. The highest BCUT2D eigenvalue weighted by Gasteiger charge is 2.40. The highest BCUT2D eigenvalue weighted by Crippen LogP contribution is 2.46. The van der Waals surface area contributed by atoms with Crippen molar-refractivity contribution in [2.24, 2.45) is 11.8 Å². The molecule has 1 N–H and O–H groups in total. The third-order valence-electron chi connectivity index (χ3n) is 3.05. The monoisotopic (exact) mass is 194 g/mol. The lowest BCUT2D eigenvalue weighted by Crippen LogP contribution is -2.10. The van der Waals surface area contributed by atoms with Crippen molar-refractivity contribution in [3.63, 3.8) is 0 Å². The fourth-order valence-electron chi connectivity index (χ4n) is 2.00. The second-order valence-corrected chi connectivity index (χ2v) is 4.30. The Morgan fingerprint density at radius 2 is 2.43 bits per heavy atom. The predicted molar refractivity (Wildman–Crippen MR) is 54.7 cm³/mol. The number of nitrogens with zero attached hydrogens (tertiary/aromatic N) is 2. The summed E-state index contributed by atoms with van der Waals surface area (Å²) in [4.78, 5) is 4.24. The van der Waals surface area contributed by atoms with Gasteiger partial charge in [0.25, 0.3) is 0 Å². The molecule has 1 heterocycles. The van der Waals surface area contributed by atoms with Crippen molar-refractivity contribution >= 4 is 0 Å². The number of aliphatic hydroxyl groups excluding tert-OH is 1. The molecule has 2 rings (SSSR count).